The highest BCUT2D eigenvalue weighted by molar-refractivity contribution is 6.32. The number of aromatic amines is 2. The largest absolute Gasteiger partial charge is 0.351 e. The smallest absolute Gasteiger partial charge is 0.138 e. The summed E-state index contributed by atoms with van der Waals surface area (Å²) < 4.78 is 1.92. The molecule has 0 bridgehead atoms. The van der Waals surface area contributed by atoms with Crippen LogP contribution in [0.4, 0.5) is 0 Å². The van der Waals surface area contributed by atoms with Crippen molar-refractivity contribution in [1.29, 1.82) is 0 Å². The second-order valence-corrected chi connectivity index (χ2v) is 24.9. The lowest BCUT2D eigenvalue weighted by atomic mass is 10.1. The number of imidazole rings is 1. The maximum Gasteiger partial charge on any atom is 0.138 e. The van der Waals surface area contributed by atoms with E-state index in [1.165, 1.54) is 25.2 Å². The van der Waals surface area contributed by atoms with Crippen molar-refractivity contribution in [2.75, 3.05) is 6.67 Å². The van der Waals surface area contributed by atoms with Crippen LogP contribution in [0.1, 0.15) is 365 Å². The van der Waals surface area contributed by atoms with Gasteiger partial charge in [0.2, 0.25) is 0 Å². The maximum absolute atomic E-state index is 4.13. The molecule has 9 heterocycles. The zero-order valence-corrected chi connectivity index (χ0v) is 82.7. The number of aliphatic imine (C=N–C) groups is 2. The minimum atomic E-state index is 0. The van der Waals surface area contributed by atoms with E-state index in [1.807, 2.05) is 228 Å². The van der Waals surface area contributed by atoms with E-state index in [0.717, 1.165) is 53.0 Å². The molecule has 116 heavy (non-hydrogen) atoms. The van der Waals surface area contributed by atoms with Gasteiger partial charge in [-0.15, -0.1) is 5.10 Å². The first-order valence-corrected chi connectivity index (χ1v) is 42.4. The molecular weight excluding hydrogens is 1430 g/mol. The summed E-state index contributed by atoms with van der Waals surface area (Å²) in [5, 5.41) is 24.5. The number of hydrogen-bond acceptors (Lipinski definition) is 16. The molecule has 1 aromatic carbocycles. The molecule has 0 unspecified atom stereocenters. The summed E-state index contributed by atoms with van der Waals surface area (Å²) >= 11 is 0. The van der Waals surface area contributed by atoms with E-state index in [1.54, 1.807) is 99.1 Å². The number of aromatic nitrogens is 17. The van der Waals surface area contributed by atoms with Crippen LogP contribution in [0.3, 0.4) is 0 Å². The zero-order chi connectivity index (χ0) is 92.0. The van der Waals surface area contributed by atoms with Crippen LogP contribution in [0, 0.1) is 47.3 Å². The third kappa shape index (κ3) is 269. The highest BCUT2D eigenvalue weighted by Crippen LogP contribution is 2.04. The molecule has 1 aliphatic heterocycles. The lowest BCUT2D eigenvalue weighted by Gasteiger charge is -2.01. The van der Waals surface area contributed by atoms with E-state index >= 15 is 0 Å². The number of hydrogen-bond donors (Lipinski definition) is 2. The van der Waals surface area contributed by atoms with Crippen molar-refractivity contribution >= 4 is 11.9 Å². The van der Waals surface area contributed by atoms with E-state index in [0.29, 0.717) is 24.5 Å². The van der Waals surface area contributed by atoms with Gasteiger partial charge in [-0.2, -0.15) is 25.5 Å². The Balaban J connectivity index is -0.0000000464. The standard InChI is InChI=1S/2C6H10N2.C6H6.C5H9N3.C5H5N.3C4H4N2.7C4H10.C3H3N3.C3H4N2.10C2H6.3CH4/c1-5(2)6-3-7-4-8-6;1-6(2)8-5-3-4-7-8;1-2-4-6-5-3-1;1-4(2)5-6-3-7-8-5;1-2-4-6-5-3-1;1-2-6-4-3-5-1;1-2-5-4-6-3-1;1-2-4-6-5-3-1;7*1-4(2)3;1-2-5-6-3-4-1;1-2-5-3-4-1;10*1-2;;;/h3,5H,4H2,1-2H3;3-6H,1-2H3;1-6H;3-4H,1-2H3,(H,6,7,8);1-5H;3*1-4H;7*4H,1-3H3;1-3H;1-3H,(H,4,5);10*1-2H3;3*1H4. The van der Waals surface area contributed by atoms with E-state index in [9.17, 15) is 0 Å². The summed E-state index contributed by atoms with van der Waals surface area (Å²) in [6.45, 7) is 98.7. The van der Waals surface area contributed by atoms with Crippen molar-refractivity contribution in [2.24, 2.45) is 57.3 Å². The molecule has 2 N–H and O–H groups in total. The number of nitrogens with zero attached hydrogens (tertiary/aromatic N) is 17. The van der Waals surface area contributed by atoms with Crippen LogP contribution in [0.2, 0.25) is 0 Å². The van der Waals surface area contributed by atoms with Crippen LogP contribution in [-0.2, 0) is 0 Å². The fourth-order valence-corrected chi connectivity index (χ4v) is 3.59. The van der Waals surface area contributed by atoms with Gasteiger partial charge in [-0.05, 0) is 97.6 Å². The summed E-state index contributed by atoms with van der Waals surface area (Å²) in [6, 6.07) is 25.6. The molecule has 1 aliphatic rings. The Morgan fingerprint density at radius 3 is 0.716 bits per heavy atom. The number of pyridine rings is 1. The summed E-state index contributed by atoms with van der Waals surface area (Å²) in [7, 11) is 0. The molecule has 0 saturated heterocycles. The van der Waals surface area contributed by atoms with Crippen molar-refractivity contribution in [3.8, 4) is 0 Å². The van der Waals surface area contributed by atoms with Gasteiger partial charge in [-0.3, -0.25) is 34.7 Å². The molecule has 0 radical (unpaired) electrons. The number of nitrogens with one attached hydrogen (secondary N) is 2. The van der Waals surface area contributed by atoms with Gasteiger partial charge in [-0.1, -0.05) is 376 Å². The lowest BCUT2D eigenvalue weighted by molar-refractivity contribution is 0.532. The highest BCUT2D eigenvalue weighted by atomic mass is 15.3. The van der Waals surface area contributed by atoms with Crippen molar-refractivity contribution < 1.29 is 0 Å². The molecule has 0 spiro atoms. The third-order valence-corrected chi connectivity index (χ3v) is 6.67. The average molecular weight is 1630 g/mol. The van der Waals surface area contributed by atoms with Crippen LogP contribution in [0.5, 0.6) is 0 Å². The first-order valence-electron chi connectivity index (χ1n) is 42.4. The molecule has 0 atom stereocenters. The van der Waals surface area contributed by atoms with Crippen LogP contribution in [-0.4, -0.2) is 104 Å². The van der Waals surface area contributed by atoms with Crippen molar-refractivity contribution in [2.45, 2.75) is 360 Å². The van der Waals surface area contributed by atoms with E-state index in [4.69, 9.17) is 0 Å². The Hall–Kier alpha value is -8.48. The average Bonchev–Trinajstić information content (AvgIpc) is 1.84. The predicted molar refractivity (Wildman–Crippen MR) is 531 cm³/mol. The van der Waals surface area contributed by atoms with Gasteiger partial charge < -0.3 is 4.98 Å². The normalized spacial score (nSPS) is 8.16. The molecule has 10 rings (SSSR count). The van der Waals surface area contributed by atoms with Gasteiger partial charge in [-0.25, -0.2) is 24.9 Å². The summed E-state index contributed by atoms with van der Waals surface area (Å²) in [5.41, 5.74) is 1.13. The minimum Gasteiger partial charge on any atom is -0.351 e. The number of benzene rings is 1. The molecule has 9 aromatic rings. The van der Waals surface area contributed by atoms with Crippen molar-refractivity contribution in [3.63, 3.8) is 0 Å². The Kier molecular flexibility index (Phi) is 233. The Labute approximate surface area is 726 Å². The summed E-state index contributed by atoms with van der Waals surface area (Å²) in [4.78, 5) is 40.6. The fraction of sp³-hybridized carbons (Fsp3) is 0.629. The second kappa shape index (κ2) is 170. The first kappa shape index (κ1) is 159. The summed E-state index contributed by atoms with van der Waals surface area (Å²) in [6.07, 6.45) is 34.9. The fourth-order valence-electron chi connectivity index (χ4n) is 3.59. The zero-order valence-electron chi connectivity index (χ0n) is 82.7. The highest BCUT2D eigenvalue weighted by Gasteiger charge is 2.03. The molecular formula is C97H201N19. The Bertz CT molecular complexity index is 2040. The van der Waals surface area contributed by atoms with Crippen LogP contribution >= 0.6 is 0 Å². The minimum absolute atomic E-state index is 0. The van der Waals surface area contributed by atoms with Gasteiger partial charge in [0.1, 0.15) is 31.5 Å². The van der Waals surface area contributed by atoms with E-state index in [2.05, 4.69) is 277 Å². The third-order valence-electron chi connectivity index (χ3n) is 6.67. The molecule has 8 aromatic heterocycles. The van der Waals surface area contributed by atoms with Crippen LogP contribution in [0.15, 0.2) is 213 Å². The van der Waals surface area contributed by atoms with Gasteiger partial charge in [0, 0.05) is 111 Å². The maximum atomic E-state index is 4.13. The van der Waals surface area contributed by atoms with Crippen molar-refractivity contribution in [3.05, 3.63) is 209 Å². The SMILES string of the molecule is C.C.C.CC.CC.CC.CC.CC.CC.CC.CC.CC.CC.CC(C)C.CC(C)C.CC(C)C.CC(C)C.CC(C)C.CC(C)C.CC(C)C.CC(C)C1=NCN=C1.CC(C)c1ncn[nH]1.CC(C)n1cccn1.c1c[nH]cn1.c1ccccc1.c1ccncc1.c1ccnnc1.c1cnccn1.c1cncnc1.c1cnncn1. The predicted octanol–water partition coefficient (Wildman–Crippen LogP) is 31.8. The van der Waals surface area contributed by atoms with E-state index in [-0.39, 0.29) is 22.3 Å². The second-order valence-electron chi connectivity index (χ2n) is 24.9. The molecule has 19 nitrogen and oxygen atoms in total. The topological polar surface area (TPSA) is 242 Å². The van der Waals surface area contributed by atoms with Gasteiger partial charge in [0.25, 0.3) is 0 Å². The lowest BCUT2D eigenvalue weighted by Crippen LogP contribution is -2.05. The molecule has 0 fully saturated rings. The van der Waals surface area contributed by atoms with E-state index < -0.39 is 0 Å². The molecule has 19 heteroatoms. The van der Waals surface area contributed by atoms with Crippen LogP contribution < -0.4 is 0 Å². The van der Waals surface area contributed by atoms with Gasteiger partial charge in [0.15, 0.2) is 0 Å². The molecule has 0 saturated carbocycles. The summed E-state index contributed by atoms with van der Waals surface area (Å²) in [5.74, 6) is 7.78. The van der Waals surface area contributed by atoms with Crippen LogP contribution in [0.25, 0.3) is 0 Å². The monoisotopic (exact) mass is 1630 g/mol. The van der Waals surface area contributed by atoms with Gasteiger partial charge >= 0.3 is 0 Å². The molecule has 0 aliphatic carbocycles. The van der Waals surface area contributed by atoms with Crippen molar-refractivity contribution in [1.82, 2.24) is 85.2 Å². The van der Waals surface area contributed by atoms with Gasteiger partial charge in [0.05, 0.1) is 18.2 Å². The Morgan fingerprint density at radius 2 is 0.603 bits per heavy atom. The first-order chi connectivity index (χ1) is 54.0. The molecule has 0 amide bonds. The Morgan fingerprint density at radius 1 is 0.293 bits per heavy atom. The quantitative estimate of drug-likeness (QED) is 0.167. The number of rotatable bonds is 3. The molecule has 684 valence electrons. The number of H-pyrrole nitrogens is 2.